The molecule has 1 N–H and O–H groups in total. The summed E-state index contributed by atoms with van der Waals surface area (Å²) in [7, 11) is 0. The van der Waals surface area contributed by atoms with E-state index in [1.807, 2.05) is 24.0 Å². The number of anilines is 1. The first-order valence-electron chi connectivity index (χ1n) is 6.96. The van der Waals surface area contributed by atoms with E-state index in [4.69, 9.17) is 0 Å². The maximum absolute atomic E-state index is 12.3. The predicted octanol–water partition coefficient (Wildman–Crippen LogP) is 3.82. The summed E-state index contributed by atoms with van der Waals surface area (Å²) in [5.74, 6) is 0.157. The second-order valence-corrected chi connectivity index (χ2v) is 7.22. The summed E-state index contributed by atoms with van der Waals surface area (Å²) >= 11 is 5.27. The van der Waals surface area contributed by atoms with Crippen molar-refractivity contribution in [2.45, 2.75) is 19.9 Å². The zero-order valence-electron chi connectivity index (χ0n) is 11.9. The molecule has 0 bridgehead atoms. The molecule has 1 aromatic heterocycles. The van der Waals surface area contributed by atoms with Crippen molar-refractivity contribution in [2.75, 3.05) is 18.4 Å². The molecule has 3 rings (SSSR count). The van der Waals surface area contributed by atoms with Gasteiger partial charge in [0.2, 0.25) is 5.91 Å². The van der Waals surface area contributed by atoms with Gasteiger partial charge in [-0.25, -0.2) is 0 Å². The van der Waals surface area contributed by atoms with Gasteiger partial charge in [0.05, 0.1) is 6.54 Å². The molecule has 0 fully saturated rings. The molecular weight excluding hydrogens is 348 g/mol. The number of halogens is 1. The van der Waals surface area contributed by atoms with Gasteiger partial charge in [0.15, 0.2) is 0 Å². The Morgan fingerprint density at radius 2 is 2.29 bits per heavy atom. The van der Waals surface area contributed by atoms with Crippen molar-refractivity contribution in [1.29, 1.82) is 0 Å². The third-order valence-electron chi connectivity index (χ3n) is 3.65. The van der Waals surface area contributed by atoms with Gasteiger partial charge < -0.3 is 10.2 Å². The van der Waals surface area contributed by atoms with Crippen LogP contribution in [0.1, 0.15) is 16.0 Å². The highest BCUT2D eigenvalue weighted by molar-refractivity contribution is 9.10. The normalized spacial score (nSPS) is 13.9. The van der Waals surface area contributed by atoms with Crippen molar-refractivity contribution in [3.8, 4) is 0 Å². The van der Waals surface area contributed by atoms with Crippen molar-refractivity contribution in [3.05, 3.63) is 50.1 Å². The summed E-state index contributed by atoms with van der Waals surface area (Å²) in [6.45, 7) is 3.96. The fourth-order valence-corrected chi connectivity index (χ4v) is 4.09. The lowest BCUT2D eigenvalue weighted by Gasteiger charge is -2.27. The van der Waals surface area contributed by atoms with Crippen LogP contribution in [0.5, 0.6) is 0 Å². The minimum atomic E-state index is 0.157. The molecule has 0 atom stereocenters. The van der Waals surface area contributed by atoms with Crippen LogP contribution in [-0.4, -0.2) is 23.9 Å². The number of nitrogens with zero attached hydrogens (tertiary/aromatic N) is 1. The number of aryl methyl sites for hydroxylation is 1. The van der Waals surface area contributed by atoms with Crippen LogP contribution in [0.25, 0.3) is 0 Å². The first kappa shape index (κ1) is 14.6. The first-order chi connectivity index (χ1) is 10.1. The Morgan fingerprint density at radius 1 is 1.43 bits per heavy atom. The number of amides is 1. The highest BCUT2D eigenvalue weighted by Crippen LogP contribution is 2.24. The van der Waals surface area contributed by atoms with Crippen LogP contribution in [0.4, 0.5) is 5.69 Å². The van der Waals surface area contributed by atoms with Gasteiger partial charge in [-0.15, -0.1) is 11.3 Å². The lowest BCUT2D eigenvalue weighted by atomic mass is 10.1. The molecular formula is C16H17BrN2OS. The van der Waals surface area contributed by atoms with Crippen molar-refractivity contribution in [2.24, 2.45) is 0 Å². The van der Waals surface area contributed by atoms with Gasteiger partial charge in [0.25, 0.3) is 0 Å². The fourth-order valence-electron chi connectivity index (χ4n) is 2.59. The summed E-state index contributed by atoms with van der Waals surface area (Å²) in [4.78, 5) is 15.7. The minimum Gasteiger partial charge on any atom is -0.376 e. The molecule has 2 heterocycles. The summed E-state index contributed by atoms with van der Waals surface area (Å²) < 4.78 is 1.03. The van der Waals surface area contributed by atoms with E-state index in [0.717, 1.165) is 29.7 Å². The van der Waals surface area contributed by atoms with Crippen molar-refractivity contribution >= 4 is 38.9 Å². The Labute approximate surface area is 137 Å². The van der Waals surface area contributed by atoms with Gasteiger partial charge in [-0.05, 0) is 54.1 Å². The van der Waals surface area contributed by atoms with Gasteiger partial charge in [-0.1, -0.05) is 15.9 Å². The Bertz CT molecular complexity index is 648. The molecule has 5 heteroatoms. The van der Waals surface area contributed by atoms with E-state index in [1.165, 1.54) is 16.0 Å². The number of carbonyl (C=O) groups is 1. The molecule has 0 radical (unpaired) electrons. The van der Waals surface area contributed by atoms with Crippen LogP contribution in [0.3, 0.4) is 0 Å². The molecule has 0 aliphatic carbocycles. The second kappa shape index (κ2) is 6.20. The van der Waals surface area contributed by atoms with Crippen molar-refractivity contribution in [3.63, 3.8) is 0 Å². The quantitative estimate of drug-likeness (QED) is 0.897. The van der Waals surface area contributed by atoms with Gasteiger partial charge in [-0.2, -0.15) is 0 Å². The number of hydrogen-bond acceptors (Lipinski definition) is 3. The standard InChI is InChI=1S/C16H17BrN2OS/c1-11-6-13(17)8-14(7-11)18-9-16(20)19-4-2-15-12(10-19)3-5-21-15/h3,5-8,18H,2,4,9-10H2,1H3. The fraction of sp³-hybridized carbons (Fsp3) is 0.312. The third kappa shape index (κ3) is 3.47. The summed E-state index contributed by atoms with van der Waals surface area (Å²) in [6.07, 6.45) is 0.981. The van der Waals surface area contributed by atoms with Crippen LogP contribution in [0.15, 0.2) is 34.1 Å². The highest BCUT2D eigenvalue weighted by Gasteiger charge is 2.21. The number of rotatable bonds is 3. The monoisotopic (exact) mass is 364 g/mol. The summed E-state index contributed by atoms with van der Waals surface area (Å²) in [6, 6.07) is 8.22. The smallest absolute Gasteiger partial charge is 0.242 e. The van der Waals surface area contributed by atoms with Gasteiger partial charge in [-0.3, -0.25) is 4.79 Å². The minimum absolute atomic E-state index is 0.157. The molecule has 1 aromatic carbocycles. The lowest BCUT2D eigenvalue weighted by Crippen LogP contribution is -2.38. The zero-order chi connectivity index (χ0) is 14.8. The second-order valence-electron chi connectivity index (χ2n) is 5.31. The maximum Gasteiger partial charge on any atom is 0.242 e. The molecule has 2 aromatic rings. The summed E-state index contributed by atoms with van der Waals surface area (Å²) in [5, 5.41) is 5.33. The van der Waals surface area contributed by atoms with Gasteiger partial charge in [0, 0.05) is 28.1 Å². The van der Waals surface area contributed by atoms with E-state index in [1.54, 1.807) is 11.3 Å². The van der Waals surface area contributed by atoms with Crippen molar-refractivity contribution in [1.82, 2.24) is 4.90 Å². The lowest BCUT2D eigenvalue weighted by molar-refractivity contribution is -0.130. The van der Waals surface area contributed by atoms with Gasteiger partial charge in [0.1, 0.15) is 0 Å². The SMILES string of the molecule is Cc1cc(Br)cc(NCC(=O)N2CCc3sccc3C2)c1. The molecule has 1 aliphatic heterocycles. The Morgan fingerprint density at radius 3 is 3.10 bits per heavy atom. The Kier molecular flexibility index (Phi) is 4.31. The molecule has 0 unspecified atom stereocenters. The predicted molar refractivity (Wildman–Crippen MR) is 90.8 cm³/mol. The molecule has 3 nitrogen and oxygen atoms in total. The average Bonchev–Trinajstić information content (AvgIpc) is 2.91. The molecule has 1 aliphatic rings. The highest BCUT2D eigenvalue weighted by atomic mass is 79.9. The van der Waals surface area contributed by atoms with Crippen molar-refractivity contribution < 1.29 is 4.79 Å². The largest absolute Gasteiger partial charge is 0.376 e. The third-order valence-corrected chi connectivity index (χ3v) is 5.13. The Hall–Kier alpha value is -1.33. The molecule has 1 amide bonds. The van der Waals surface area contributed by atoms with E-state index < -0.39 is 0 Å². The van der Waals surface area contributed by atoms with E-state index in [0.29, 0.717) is 6.54 Å². The topological polar surface area (TPSA) is 32.3 Å². The maximum atomic E-state index is 12.3. The number of thiophene rings is 1. The molecule has 21 heavy (non-hydrogen) atoms. The molecule has 0 saturated heterocycles. The van der Waals surface area contributed by atoms with Crippen LogP contribution >= 0.6 is 27.3 Å². The first-order valence-corrected chi connectivity index (χ1v) is 8.63. The zero-order valence-corrected chi connectivity index (χ0v) is 14.3. The van der Waals surface area contributed by atoms with E-state index in [9.17, 15) is 4.79 Å². The van der Waals surface area contributed by atoms with Crippen LogP contribution in [-0.2, 0) is 17.8 Å². The van der Waals surface area contributed by atoms with E-state index in [2.05, 4.69) is 38.8 Å². The van der Waals surface area contributed by atoms with E-state index >= 15 is 0 Å². The molecule has 0 saturated carbocycles. The number of benzene rings is 1. The number of fused-ring (bicyclic) bond motifs is 1. The van der Waals surface area contributed by atoms with Gasteiger partial charge >= 0.3 is 0 Å². The molecule has 0 spiro atoms. The number of carbonyl (C=O) groups excluding carboxylic acids is 1. The number of nitrogens with one attached hydrogen (secondary N) is 1. The summed E-state index contributed by atoms with van der Waals surface area (Å²) in [5.41, 5.74) is 3.45. The average molecular weight is 365 g/mol. The van der Waals surface area contributed by atoms with Crippen LogP contribution in [0.2, 0.25) is 0 Å². The molecule has 110 valence electrons. The van der Waals surface area contributed by atoms with Crippen LogP contribution in [0, 0.1) is 6.92 Å². The van der Waals surface area contributed by atoms with E-state index in [-0.39, 0.29) is 5.91 Å². The Balaban J connectivity index is 1.60. The van der Waals surface area contributed by atoms with Crippen LogP contribution < -0.4 is 5.32 Å². The number of hydrogen-bond donors (Lipinski definition) is 1.